The molecule has 5 nitrogen and oxygen atoms in total. The zero-order valence-electron chi connectivity index (χ0n) is 10.5. The van der Waals surface area contributed by atoms with Gasteiger partial charge in [-0.05, 0) is 11.1 Å². The van der Waals surface area contributed by atoms with Crippen LogP contribution in [0.1, 0.15) is 17.5 Å². The predicted octanol–water partition coefficient (Wildman–Crippen LogP) is -0.266. The van der Waals surface area contributed by atoms with Crippen LogP contribution in [0.25, 0.3) is 0 Å². The van der Waals surface area contributed by atoms with Crippen molar-refractivity contribution in [2.24, 2.45) is 5.73 Å². The minimum atomic E-state index is -0.0488. The Labute approximate surface area is 107 Å². The predicted molar refractivity (Wildman–Crippen MR) is 70.8 cm³/mol. The van der Waals surface area contributed by atoms with E-state index in [4.69, 9.17) is 10.8 Å². The molecule has 5 N–H and O–H groups in total. The van der Waals surface area contributed by atoms with Crippen LogP contribution in [0, 0.1) is 0 Å². The first-order chi connectivity index (χ1) is 8.76. The van der Waals surface area contributed by atoms with Crippen molar-refractivity contribution < 1.29 is 9.90 Å². The number of amides is 1. The van der Waals surface area contributed by atoms with Crippen molar-refractivity contribution >= 4 is 5.91 Å². The molecule has 0 fully saturated rings. The van der Waals surface area contributed by atoms with Gasteiger partial charge < -0.3 is 21.5 Å². The molecule has 0 aliphatic rings. The van der Waals surface area contributed by atoms with Gasteiger partial charge in [-0.3, -0.25) is 4.79 Å². The molecule has 18 heavy (non-hydrogen) atoms. The molecule has 0 aromatic heterocycles. The molecule has 1 aromatic rings. The molecule has 0 unspecified atom stereocenters. The van der Waals surface area contributed by atoms with E-state index < -0.39 is 0 Å². The summed E-state index contributed by atoms with van der Waals surface area (Å²) in [4.78, 5) is 11.2. The number of hydrogen-bond acceptors (Lipinski definition) is 4. The Balaban J connectivity index is 2.19. The summed E-state index contributed by atoms with van der Waals surface area (Å²) < 4.78 is 0. The maximum absolute atomic E-state index is 11.2. The second-order valence-corrected chi connectivity index (χ2v) is 4.02. The highest BCUT2D eigenvalue weighted by Gasteiger charge is 1.99. The molecule has 0 saturated carbocycles. The van der Waals surface area contributed by atoms with E-state index in [-0.39, 0.29) is 12.5 Å². The first-order valence-corrected chi connectivity index (χ1v) is 6.12. The van der Waals surface area contributed by atoms with E-state index in [1.165, 1.54) is 0 Å². The van der Waals surface area contributed by atoms with Crippen LogP contribution in [0.15, 0.2) is 24.3 Å². The first kappa shape index (κ1) is 14.6. The zero-order chi connectivity index (χ0) is 13.2. The molecule has 0 bridgehead atoms. The highest BCUT2D eigenvalue weighted by Crippen LogP contribution is 2.03. The Morgan fingerprint density at radius 2 is 2.06 bits per heavy atom. The second kappa shape index (κ2) is 8.63. The number of nitrogens with two attached hydrogens (primary N) is 1. The number of hydrogen-bond donors (Lipinski definition) is 4. The lowest BCUT2D eigenvalue weighted by molar-refractivity contribution is -0.121. The van der Waals surface area contributed by atoms with E-state index in [2.05, 4.69) is 16.7 Å². The van der Waals surface area contributed by atoms with Crippen LogP contribution in [0.4, 0.5) is 0 Å². The monoisotopic (exact) mass is 251 g/mol. The van der Waals surface area contributed by atoms with Gasteiger partial charge in [0.05, 0.1) is 6.61 Å². The molecule has 0 radical (unpaired) electrons. The van der Waals surface area contributed by atoms with Crippen molar-refractivity contribution in [3.05, 3.63) is 35.4 Å². The van der Waals surface area contributed by atoms with Crippen molar-refractivity contribution in [2.75, 3.05) is 19.7 Å². The van der Waals surface area contributed by atoms with Crippen LogP contribution in [-0.2, 0) is 17.9 Å². The average molecular weight is 251 g/mol. The van der Waals surface area contributed by atoms with E-state index in [0.717, 1.165) is 17.7 Å². The van der Waals surface area contributed by atoms with Gasteiger partial charge in [0.1, 0.15) is 0 Å². The van der Waals surface area contributed by atoms with Gasteiger partial charge in [0.15, 0.2) is 0 Å². The van der Waals surface area contributed by atoms with Crippen molar-refractivity contribution in [1.82, 2.24) is 10.6 Å². The highest BCUT2D eigenvalue weighted by atomic mass is 16.3. The smallest absolute Gasteiger partial charge is 0.221 e. The van der Waals surface area contributed by atoms with Gasteiger partial charge >= 0.3 is 0 Å². The van der Waals surface area contributed by atoms with E-state index in [1.807, 2.05) is 18.2 Å². The Kier molecular flexibility index (Phi) is 7.01. The van der Waals surface area contributed by atoms with Gasteiger partial charge in [0, 0.05) is 32.6 Å². The van der Waals surface area contributed by atoms with Crippen LogP contribution in [0.3, 0.4) is 0 Å². The SMILES string of the molecule is NCc1cccc(CNCCC(=O)NCCO)c1. The average Bonchev–Trinajstić information content (AvgIpc) is 2.41. The van der Waals surface area contributed by atoms with E-state index >= 15 is 0 Å². The summed E-state index contributed by atoms with van der Waals surface area (Å²) in [7, 11) is 0. The summed E-state index contributed by atoms with van der Waals surface area (Å²) in [5, 5.41) is 14.3. The Bertz CT molecular complexity index is 369. The summed E-state index contributed by atoms with van der Waals surface area (Å²) >= 11 is 0. The van der Waals surface area contributed by atoms with E-state index in [1.54, 1.807) is 0 Å². The maximum Gasteiger partial charge on any atom is 0.221 e. The zero-order valence-corrected chi connectivity index (χ0v) is 10.5. The number of carbonyl (C=O) groups excluding carboxylic acids is 1. The summed E-state index contributed by atoms with van der Waals surface area (Å²) in [5.74, 6) is -0.0488. The lowest BCUT2D eigenvalue weighted by atomic mass is 10.1. The fourth-order valence-electron chi connectivity index (χ4n) is 1.58. The molecule has 5 heteroatoms. The Hall–Kier alpha value is -1.43. The number of aliphatic hydroxyl groups is 1. The lowest BCUT2D eigenvalue weighted by Gasteiger charge is -2.06. The minimum absolute atomic E-state index is 0.0228. The summed E-state index contributed by atoms with van der Waals surface area (Å²) in [6.07, 6.45) is 0.413. The molecule has 1 rings (SSSR count). The van der Waals surface area contributed by atoms with Crippen LogP contribution in [0.2, 0.25) is 0 Å². The summed E-state index contributed by atoms with van der Waals surface area (Å²) in [5.41, 5.74) is 7.83. The minimum Gasteiger partial charge on any atom is -0.395 e. The first-order valence-electron chi connectivity index (χ1n) is 6.12. The van der Waals surface area contributed by atoms with Crippen LogP contribution < -0.4 is 16.4 Å². The van der Waals surface area contributed by atoms with Crippen molar-refractivity contribution in [3.8, 4) is 0 Å². The topological polar surface area (TPSA) is 87.4 Å². The summed E-state index contributed by atoms with van der Waals surface area (Å²) in [6.45, 7) is 2.17. The third-order valence-corrected chi connectivity index (χ3v) is 2.52. The van der Waals surface area contributed by atoms with Crippen molar-refractivity contribution in [1.29, 1.82) is 0 Å². The van der Waals surface area contributed by atoms with Gasteiger partial charge in [0.25, 0.3) is 0 Å². The maximum atomic E-state index is 11.2. The number of rotatable bonds is 8. The van der Waals surface area contributed by atoms with Crippen molar-refractivity contribution in [2.45, 2.75) is 19.5 Å². The van der Waals surface area contributed by atoms with Crippen LogP contribution in [0.5, 0.6) is 0 Å². The normalized spacial score (nSPS) is 10.3. The number of carbonyl (C=O) groups is 1. The highest BCUT2D eigenvalue weighted by molar-refractivity contribution is 5.75. The van der Waals surface area contributed by atoms with Gasteiger partial charge in [-0.1, -0.05) is 24.3 Å². The molecule has 0 atom stereocenters. The number of nitrogens with one attached hydrogen (secondary N) is 2. The molecular weight excluding hydrogens is 230 g/mol. The molecule has 0 saturated heterocycles. The standard InChI is InChI=1S/C13H21N3O2/c14-9-11-2-1-3-12(8-11)10-15-5-4-13(18)16-6-7-17/h1-3,8,15,17H,4-7,9-10,14H2,(H,16,18). The second-order valence-electron chi connectivity index (χ2n) is 4.02. The van der Waals surface area contributed by atoms with Gasteiger partial charge in [-0.25, -0.2) is 0 Å². The van der Waals surface area contributed by atoms with E-state index in [9.17, 15) is 4.79 Å². The fraction of sp³-hybridized carbons (Fsp3) is 0.462. The molecule has 0 heterocycles. The van der Waals surface area contributed by atoms with Gasteiger partial charge in [-0.2, -0.15) is 0 Å². The third-order valence-electron chi connectivity index (χ3n) is 2.52. The van der Waals surface area contributed by atoms with E-state index in [0.29, 0.717) is 26.1 Å². The van der Waals surface area contributed by atoms with Crippen molar-refractivity contribution in [3.63, 3.8) is 0 Å². The summed E-state index contributed by atoms with van der Waals surface area (Å²) in [6, 6.07) is 8.05. The number of benzene rings is 1. The molecule has 0 aliphatic carbocycles. The van der Waals surface area contributed by atoms with Crippen LogP contribution >= 0.6 is 0 Å². The Morgan fingerprint density at radius 1 is 1.28 bits per heavy atom. The van der Waals surface area contributed by atoms with Gasteiger partial charge in [0.2, 0.25) is 5.91 Å². The molecule has 1 amide bonds. The fourth-order valence-corrected chi connectivity index (χ4v) is 1.58. The quantitative estimate of drug-likeness (QED) is 0.479. The lowest BCUT2D eigenvalue weighted by Crippen LogP contribution is -2.29. The Morgan fingerprint density at radius 3 is 2.78 bits per heavy atom. The largest absolute Gasteiger partial charge is 0.395 e. The molecule has 0 spiro atoms. The molecule has 100 valence electrons. The number of aliphatic hydroxyl groups excluding tert-OH is 1. The molecule has 1 aromatic carbocycles. The third kappa shape index (κ3) is 5.77. The van der Waals surface area contributed by atoms with Gasteiger partial charge in [-0.15, -0.1) is 0 Å². The molecule has 0 aliphatic heterocycles. The van der Waals surface area contributed by atoms with Crippen LogP contribution in [-0.4, -0.2) is 30.7 Å². The molecular formula is C13H21N3O2.